The number of rotatable bonds is 5. The molecular weight excluding hydrogens is 248 g/mol. The summed E-state index contributed by atoms with van der Waals surface area (Å²) >= 11 is 6.40. The lowest BCUT2D eigenvalue weighted by Crippen LogP contribution is -2.21. The number of alkyl halides is 1. The SMILES string of the molecule is COc1ccc(OC)c(CCC(Cl)C(C)(C)C)c1. The minimum atomic E-state index is 0.119. The molecule has 0 aliphatic rings. The lowest BCUT2D eigenvalue weighted by molar-refractivity contribution is 0.369. The fourth-order valence-corrected chi connectivity index (χ4v) is 1.90. The standard InChI is InChI=1S/C15H23ClO2/c1-15(2,3)14(16)9-6-11-10-12(17-4)7-8-13(11)18-5/h7-8,10,14H,6,9H2,1-5H3. The summed E-state index contributed by atoms with van der Waals surface area (Å²) in [4.78, 5) is 0. The minimum Gasteiger partial charge on any atom is -0.497 e. The molecule has 0 spiro atoms. The molecule has 0 saturated heterocycles. The molecule has 1 unspecified atom stereocenters. The van der Waals surface area contributed by atoms with Gasteiger partial charge in [0.2, 0.25) is 0 Å². The van der Waals surface area contributed by atoms with Crippen molar-refractivity contribution in [3.05, 3.63) is 23.8 Å². The zero-order chi connectivity index (χ0) is 13.8. The van der Waals surface area contributed by atoms with E-state index in [1.165, 1.54) is 0 Å². The van der Waals surface area contributed by atoms with Gasteiger partial charge >= 0.3 is 0 Å². The Bertz CT molecular complexity index is 383. The maximum Gasteiger partial charge on any atom is 0.122 e. The summed E-state index contributed by atoms with van der Waals surface area (Å²) in [5, 5.41) is 0.147. The molecule has 1 atom stereocenters. The number of methoxy groups -OCH3 is 2. The summed E-state index contributed by atoms with van der Waals surface area (Å²) in [6.07, 6.45) is 1.82. The van der Waals surface area contributed by atoms with Crippen molar-refractivity contribution in [2.45, 2.75) is 39.0 Å². The molecule has 2 nitrogen and oxygen atoms in total. The maximum absolute atomic E-state index is 6.40. The Morgan fingerprint density at radius 3 is 2.33 bits per heavy atom. The molecule has 0 aromatic heterocycles. The molecular formula is C15H23ClO2. The third-order valence-corrected chi connectivity index (χ3v) is 3.97. The molecule has 0 aliphatic heterocycles. The van der Waals surface area contributed by atoms with E-state index in [1.54, 1.807) is 14.2 Å². The van der Waals surface area contributed by atoms with Gasteiger partial charge in [0.25, 0.3) is 0 Å². The smallest absolute Gasteiger partial charge is 0.122 e. The van der Waals surface area contributed by atoms with Crippen LogP contribution in [0.15, 0.2) is 18.2 Å². The molecule has 0 amide bonds. The van der Waals surface area contributed by atoms with Crippen LogP contribution >= 0.6 is 11.6 Å². The molecule has 0 saturated carbocycles. The summed E-state index contributed by atoms with van der Waals surface area (Å²) in [5.74, 6) is 1.75. The highest BCUT2D eigenvalue weighted by atomic mass is 35.5. The quantitative estimate of drug-likeness (QED) is 0.743. The van der Waals surface area contributed by atoms with Crippen LogP contribution in [0.1, 0.15) is 32.8 Å². The van der Waals surface area contributed by atoms with Crippen LogP contribution in [0, 0.1) is 5.41 Å². The zero-order valence-corrected chi connectivity index (χ0v) is 12.7. The second-order valence-electron chi connectivity index (χ2n) is 5.55. The largest absolute Gasteiger partial charge is 0.497 e. The van der Waals surface area contributed by atoms with E-state index in [0.29, 0.717) is 0 Å². The first-order valence-electron chi connectivity index (χ1n) is 6.23. The molecule has 0 fully saturated rings. The number of benzene rings is 1. The molecule has 0 N–H and O–H groups in total. The predicted octanol–water partition coefficient (Wildman–Crippen LogP) is 4.29. The topological polar surface area (TPSA) is 18.5 Å². The van der Waals surface area contributed by atoms with Crippen molar-refractivity contribution in [3.8, 4) is 11.5 Å². The van der Waals surface area contributed by atoms with Crippen molar-refractivity contribution in [1.29, 1.82) is 0 Å². The van der Waals surface area contributed by atoms with Crippen molar-refractivity contribution in [2.24, 2.45) is 5.41 Å². The van der Waals surface area contributed by atoms with Crippen molar-refractivity contribution in [3.63, 3.8) is 0 Å². The Labute approximate surface area is 115 Å². The zero-order valence-electron chi connectivity index (χ0n) is 11.9. The van der Waals surface area contributed by atoms with Crippen molar-refractivity contribution >= 4 is 11.6 Å². The van der Waals surface area contributed by atoms with E-state index in [2.05, 4.69) is 20.8 Å². The monoisotopic (exact) mass is 270 g/mol. The van der Waals surface area contributed by atoms with E-state index in [9.17, 15) is 0 Å². The fourth-order valence-electron chi connectivity index (χ4n) is 1.79. The summed E-state index contributed by atoms with van der Waals surface area (Å²) in [5.41, 5.74) is 1.26. The van der Waals surface area contributed by atoms with Crippen molar-refractivity contribution in [2.75, 3.05) is 14.2 Å². The van der Waals surface area contributed by atoms with Crippen LogP contribution in [-0.2, 0) is 6.42 Å². The Morgan fingerprint density at radius 1 is 1.17 bits per heavy atom. The van der Waals surface area contributed by atoms with Crippen LogP contribution in [0.25, 0.3) is 0 Å². The van der Waals surface area contributed by atoms with Crippen molar-refractivity contribution < 1.29 is 9.47 Å². The van der Waals surface area contributed by atoms with Gasteiger partial charge in [-0.15, -0.1) is 11.6 Å². The Morgan fingerprint density at radius 2 is 1.83 bits per heavy atom. The summed E-state index contributed by atoms with van der Waals surface area (Å²) in [6, 6.07) is 5.86. The van der Waals surface area contributed by atoms with Crippen LogP contribution < -0.4 is 9.47 Å². The third-order valence-electron chi connectivity index (χ3n) is 3.09. The van der Waals surface area contributed by atoms with E-state index < -0.39 is 0 Å². The molecule has 3 heteroatoms. The molecule has 0 bridgehead atoms. The predicted molar refractivity (Wildman–Crippen MR) is 77.0 cm³/mol. The molecule has 1 aromatic rings. The molecule has 0 radical (unpaired) electrons. The van der Waals surface area contributed by atoms with E-state index in [0.717, 1.165) is 29.9 Å². The Kier molecular flexibility index (Phi) is 5.33. The highest BCUT2D eigenvalue weighted by Crippen LogP contribution is 2.31. The van der Waals surface area contributed by atoms with Gasteiger partial charge in [-0.05, 0) is 42.0 Å². The van der Waals surface area contributed by atoms with Gasteiger partial charge < -0.3 is 9.47 Å². The van der Waals surface area contributed by atoms with Crippen LogP contribution in [0.2, 0.25) is 0 Å². The van der Waals surface area contributed by atoms with Gasteiger partial charge in [-0.1, -0.05) is 20.8 Å². The number of hydrogen-bond acceptors (Lipinski definition) is 2. The highest BCUT2D eigenvalue weighted by molar-refractivity contribution is 6.21. The highest BCUT2D eigenvalue weighted by Gasteiger charge is 2.22. The number of hydrogen-bond donors (Lipinski definition) is 0. The number of halogens is 1. The number of ether oxygens (including phenoxy) is 2. The summed E-state index contributed by atoms with van der Waals surface area (Å²) in [7, 11) is 3.36. The van der Waals surface area contributed by atoms with Gasteiger partial charge in [-0.25, -0.2) is 0 Å². The van der Waals surface area contributed by atoms with Gasteiger partial charge in [0.15, 0.2) is 0 Å². The van der Waals surface area contributed by atoms with E-state index in [1.807, 2.05) is 18.2 Å². The van der Waals surface area contributed by atoms with Crippen LogP contribution in [-0.4, -0.2) is 19.6 Å². The van der Waals surface area contributed by atoms with E-state index in [-0.39, 0.29) is 10.8 Å². The van der Waals surface area contributed by atoms with E-state index >= 15 is 0 Å². The third kappa shape index (κ3) is 4.09. The molecule has 102 valence electrons. The average molecular weight is 271 g/mol. The molecule has 0 aliphatic carbocycles. The summed E-state index contributed by atoms with van der Waals surface area (Å²) in [6.45, 7) is 6.48. The van der Waals surface area contributed by atoms with Crippen molar-refractivity contribution in [1.82, 2.24) is 0 Å². The molecule has 1 rings (SSSR count). The van der Waals surface area contributed by atoms with Crippen LogP contribution in [0.4, 0.5) is 0 Å². The Balaban J connectivity index is 2.77. The normalized spacial score (nSPS) is 13.2. The first-order chi connectivity index (χ1) is 8.38. The van der Waals surface area contributed by atoms with Gasteiger partial charge in [0.1, 0.15) is 11.5 Å². The van der Waals surface area contributed by atoms with Crippen LogP contribution in [0.5, 0.6) is 11.5 Å². The molecule has 18 heavy (non-hydrogen) atoms. The van der Waals surface area contributed by atoms with Gasteiger partial charge in [0.05, 0.1) is 14.2 Å². The summed E-state index contributed by atoms with van der Waals surface area (Å²) < 4.78 is 10.6. The minimum absolute atomic E-state index is 0.119. The lowest BCUT2D eigenvalue weighted by Gasteiger charge is -2.25. The average Bonchev–Trinajstić information content (AvgIpc) is 2.34. The van der Waals surface area contributed by atoms with Crippen LogP contribution in [0.3, 0.4) is 0 Å². The van der Waals surface area contributed by atoms with E-state index in [4.69, 9.17) is 21.1 Å². The van der Waals surface area contributed by atoms with Gasteiger partial charge in [0, 0.05) is 5.38 Å². The van der Waals surface area contributed by atoms with Gasteiger partial charge in [-0.2, -0.15) is 0 Å². The Hall–Kier alpha value is -0.890. The first kappa shape index (κ1) is 15.2. The molecule has 0 heterocycles. The second-order valence-corrected chi connectivity index (χ2v) is 6.08. The van der Waals surface area contributed by atoms with Gasteiger partial charge in [-0.3, -0.25) is 0 Å². The maximum atomic E-state index is 6.40. The fraction of sp³-hybridized carbons (Fsp3) is 0.600. The lowest BCUT2D eigenvalue weighted by atomic mass is 9.88. The second kappa shape index (κ2) is 6.33. The first-order valence-corrected chi connectivity index (χ1v) is 6.67. The molecule has 1 aromatic carbocycles. The number of aryl methyl sites for hydroxylation is 1.